The number of aliphatic carboxylic acids is 2. The Morgan fingerprint density at radius 1 is 0.585 bits per heavy atom. The van der Waals surface area contributed by atoms with Gasteiger partial charge in [0.15, 0.2) is 0 Å². The molecule has 5 N–H and O–H groups in total. The monoisotopic (exact) mass is 563 g/mol. The number of nitrogens with zero attached hydrogens (tertiary/aromatic N) is 4. The number of carbonyl (C=O) groups is 6. The summed E-state index contributed by atoms with van der Waals surface area (Å²) in [7, 11) is 0. The fourth-order valence-electron chi connectivity index (χ4n) is 2.83. The van der Waals surface area contributed by atoms with Crippen molar-refractivity contribution < 1.29 is 39.0 Å². The van der Waals surface area contributed by atoms with Crippen LogP contribution in [0.5, 0.6) is 0 Å². The van der Waals surface area contributed by atoms with E-state index in [9.17, 15) is 28.8 Å². The SMILES string of the molecule is O=C(O)C=NC(=O)c1ccc(NC(=O)C=NCCNCCN=CC(=O)Nc2ccc(C(=O)N=CC(=O)O)cc2)cc1. The number of carboxylic acids is 2. The number of rotatable bonds is 14. The second kappa shape index (κ2) is 17.0. The molecular formula is C26H25N7O8. The smallest absolute Gasteiger partial charge is 0.347 e. The maximum Gasteiger partial charge on any atom is 0.347 e. The van der Waals surface area contributed by atoms with Gasteiger partial charge in [-0.3, -0.25) is 29.2 Å². The number of nitrogens with one attached hydrogen (secondary N) is 3. The van der Waals surface area contributed by atoms with E-state index in [0.29, 0.717) is 50.0 Å². The van der Waals surface area contributed by atoms with Crippen molar-refractivity contribution in [3.8, 4) is 0 Å². The highest BCUT2D eigenvalue weighted by Gasteiger charge is 2.06. The minimum absolute atomic E-state index is 0.164. The van der Waals surface area contributed by atoms with Crippen LogP contribution >= 0.6 is 0 Å². The molecule has 0 saturated carbocycles. The van der Waals surface area contributed by atoms with Gasteiger partial charge in [-0.15, -0.1) is 0 Å². The van der Waals surface area contributed by atoms with Gasteiger partial charge >= 0.3 is 11.9 Å². The topological polar surface area (TPSA) is 228 Å². The van der Waals surface area contributed by atoms with Crippen LogP contribution in [-0.2, 0) is 19.2 Å². The lowest BCUT2D eigenvalue weighted by Crippen LogP contribution is -2.22. The number of carbonyl (C=O) groups excluding carboxylic acids is 4. The minimum Gasteiger partial charge on any atom is -0.477 e. The Morgan fingerprint density at radius 2 is 0.951 bits per heavy atom. The average Bonchev–Trinajstić information content (AvgIpc) is 2.94. The molecule has 0 fully saturated rings. The number of benzene rings is 2. The van der Waals surface area contributed by atoms with E-state index in [1.54, 1.807) is 0 Å². The Labute approximate surface area is 232 Å². The summed E-state index contributed by atoms with van der Waals surface area (Å²) < 4.78 is 0. The number of hydrogen-bond donors (Lipinski definition) is 5. The molecule has 2 aromatic carbocycles. The molecule has 0 aliphatic rings. The van der Waals surface area contributed by atoms with E-state index >= 15 is 0 Å². The largest absolute Gasteiger partial charge is 0.477 e. The van der Waals surface area contributed by atoms with Crippen LogP contribution in [0.1, 0.15) is 20.7 Å². The molecule has 0 unspecified atom stereocenters. The van der Waals surface area contributed by atoms with Crippen LogP contribution in [0.2, 0.25) is 0 Å². The molecule has 0 heterocycles. The van der Waals surface area contributed by atoms with Crippen LogP contribution in [0.3, 0.4) is 0 Å². The predicted molar refractivity (Wildman–Crippen MR) is 151 cm³/mol. The molecule has 0 aliphatic heterocycles. The summed E-state index contributed by atoms with van der Waals surface area (Å²) in [5, 5.41) is 25.2. The van der Waals surface area contributed by atoms with Crippen molar-refractivity contribution in [3.05, 3.63) is 59.7 Å². The summed E-state index contributed by atoms with van der Waals surface area (Å²) >= 11 is 0. The van der Waals surface area contributed by atoms with Crippen LogP contribution in [-0.4, -0.2) is 96.8 Å². The lowest BCUT2D eigenvalue weighted by atomic mass is 10.2. The van der Waals surface area contributed by atoms with Crippen molar-refractivity contribution in [1.29, 1.82) is 0 Å². The molecule has 0 atom stereocenters. The van der Waals surface area contributed by atoms with Gasteiger partial charge in [0.2, 0.25) is 0 Å². The average molecular weight is 564 g/mol. The molecule has 2 aromatic rings. The summed E-state index contributed by atoms with van der Waals surface area (Å²) in [6, 6.07) is 11.5. The van der Waals surface area contributed by atoms with Gasteiger partial charge < -0.3 is 26.2 Å². The van der Waals surface area contributed by atoms with Crippen LogP contribution in [0.4, 0.5) is 11.4 Å². The maximum atomic E-state index is 11.9. The third kappa shape index (κ3) is 13.1. The van der Waals surface area contributed by atoms with Gasteiger partial charge in [-0.25, -0.2) is 19.6 Å². The van der Waals surface area contributed by atoms with Gasteiger partial charge in [-0.1, -0.05) is 0 Å². The predicted octanol–water partition coefficient (Wildman–Crippen LogP) is 0.586. The van der Waals surface area contributed by atoms with Crippen LogP contribution < -0.4 is 16.0 Å². The molecule has 4 amide bonds. The van der Waals surface area contributed by atoms with Crippen molar-refractivity contribution in [3.63, 3.8) is 0 Å². The molecule has 0 spiro atoms. The number of anilines is 2. The summed E-state index contributed by atoms with van der Waals surface area (Å²) in [5.74, 6) is -5.07. The fourth-order valence-corrected chi connectivity index (χ4v) is 2.83. The summed E-state index contributed by atoms with van der Waals surface area (Å²) in [4.78, 5) is 82.6. The van der Waals surface area contributed by atoms with Crippen LogP contribution in [0, 0.1) is 0 Å². The Bertz CT molecular complexity index is 1280. The van der Waals surface area contributed by atoms with Gasteiger partial charge in [0.1, 0.15) is 12.4 Å². The zero-order chi connectivity index (χ0) is 30.0. The molecule has 212 valence electrons. The molecule has 15 heteroatoms. The second-order valence-corrected chi connectivity index (χ2v) is 7.76. The van der Waals surface area contributed by atoms with Crippen molar-refractivity contribution in [2.75, 3.05) is 36.8 Å². The molecule has 0 aliphatic carbocycles. The summed E-state index contributed by atoms with van der Waals surface area (Å²) in [6.45, 7) is 1.54. The molecule has 2 rings (SSSR count). The third-order valence-corrected chi connectivity index (χ3v) is 4.64. The first-order valence-corrected chi connectivity index (χ1v) is 11.8. The van der Waals surface area contributed by atoms with E-state index in [0.717, 1.165) is 12.4 Å². The van der Waals surface area contributed by atoms with Crippen LogP contribution in [0.15, 0.2) is 68.5 Å². The molecule has 0 bridgehead atoms. The first-order valence-electron chi connectivity index (χ1n) is 11.8. The minimum atomic E-state index is -1.34. The highest BCUT2D eigenvalue weighted by atomic mass is 16.4. The quantitative estimate of drug-likeness (QED) is 0.160. The van der Waals surface area contributed by atoms with Gasteiger partial charge in [0.25, 0.3) is 23.6 Å². The molecule has 0 radical (unpaired) electrons. The van der Waals surface area contributed by atoms with E-state index in [2.05, 4.69) is 35.9 Å². The zero-order valence-corrected chi connectivity index (χ0v) is 21.4. The maximum absolute atomic E-state index is 11.9. The van der Waals surface area contributed by atoms with Gasteiger partial charge in [0, 0.05) is 35.6 Å². The highest BCUT2D eigenvalue weighted by molar-refractivity contribution is 6.32. The number of aliphatic imine (C=N–C) groups is 4. The Morgan fingerprint density at radius 3 is 1.29 bits per heavy atom. The Kier molecular flexibility index (Phi) is 13.1. The first kappa shape index (κ1) is 31.5. The van der Waals surface area contributed by atoms with E-state index in [1.807, 2.05) is 0 Å². The number of hydrogen-bond acceptors (Lipinski definition) is 9. The molecule has 0 saturated heterocycles. The van der Waals surface area contributed by atoms with E-state index < -0.39 is 35.6 Å². The summed E-state index contributed by atoms with van der Waals surface area (Å²) in [6.07, 6.45) is 3.23. The van der Waals surface area contributed by atoms with Crippen molar-refractivity contribution in [2.24, 2.45) is 20.0 Å². The third-order valence-electron chi connectivity index (χ3n) is 4.64. The normalized spacial score (nSPS) is 11.3. The first-order chi connectivity index (χ1) is 19.6. The van der Waals surface area contributed by atoms with E-state index in [1.165, 1.54) is 48.5 Å². The van der Waals surface area contributed by atoms with Crippen molar-refractivity contribution in [1.82, 2.24) is 5.32 Å². The van der Waals surface area contributed by atoms with Crippen molar-refractivity contribution in [2.45, 2.75) is 0 Å². The molecule has 15 nitrogen and oxygen atoms in total. The lowest BCUT2D eigenvalue weighted by molar-refractivity contribution is -0.129. The zero-order valence-electron chi connectivity index (χ0n) is 21.4. The molecule has 0 aromatic heterocycles. The van der Waals surface area contributed by atoms with Crippen molar-refractivity contribution >= 4 is 71.8 Å². The fraction of sp³-hybridized carbons (Fsp3) is 0.154. The number of carboxylic acid groups (broad SMARTS) is 2. The molecule has 41 heavy (non-hydrogen) atoms. The Balaban J connectivity index is 1.61. The van der Waals surface area contributed by atoms with Crippen LogP contribution in [0.25, 0.3) is 0 Å². The summed E-state index contributed by atoms with van der Waals surface area (Å²) in [5.41, 5.74) is 1.15. The van der Waals surface area contributed by atoms with Gasteiger partial charge in [-0.05, 0) is 48.5 Å². The Hall–Kier alpha value is -5.70. The van der Waals surface area contributed by atoms with E-state index in [-0.39, 0.29) is 11.1 Å². The lowest BCUT2D eigenvalue weighted by Gasteiger charge is -2.03. The molecular weight excluding hydrogens is 538 g/mol. The van der Waals surface area contributed by atoms with Gasteiger partial charge in [-0.2, -0.15) is 0 Å². The number of amides is 4. The second-order valence-electron chi connectivity index (χ2n) is 7.76. The van der Waals surface area contributed by atoms with E-state index in [4.69, 9.17) is 10.2 Å². The standard InChI is InChI=1S/C26H25N7O8/c34-21(32-19-5-1-17(2-6-19)25(40)30-15-23(36)37)13-28-11-9-27-10-12-29-14-22(35)33-20-7-3-18(4-8-20)26(41)31-16-24(38)39/h1-8,13-16,27H,9-12H2,(H,32,34)(H,33,35)(H,36,37)(H,38,39). The highest BCUT2D eigenvalue weighted by Crippen LogP contribution is 2.11. The van der Waals surface area contributed by atoms with Gasteiger partial charge in [0.05, 0.1) is 25.5 Å².